The molecule has 4 nitrogen and oxygen atoms in total. The van der Waals surface area contributed by atoms with E-state index in [1.807, 2.05) is 30.3 Å². The number of halogens is 1. The molecule has 1 atom stereocenters. The van der Waals surface area contributed by atoms with E-state index in [-0.39, 0.29) is 12.6 Å². The largest absolute Gasteiger partial charge is 0.445 e. The number of alkyl carbamates (subject to hydrolysis) is 1. The van der Waals surface area contributed by atoms with Gasteiger partial charge in [-0.1, -0.05) is 41.9 Å². The van der Waals surface area contributed by atoms with Gasteiger partial charge in [0.2, 0.25) is 0 Å². The van der Waals surface area contributed by atoms with Gasteiger partial charge in [-0.15, -0.1) is 0 Å². The third-order valence-corrected chi connectivity index (χ3v) is 3.85. The Hall–Kier alpha value is -1.81. The Morgan fingerprint density at radius 3 is 2.86 bits per heavy atom. The monoisotopic (exact) mass is 307 g/mol. The number of hydrogen-bond acceptors (Lipinski definition) is 3. The van der Waals surface area contributed by atoms with E-state index < -0.39 is 6.09 Å². The minimum atomic E-state index is -0.456. The first-order valence-electron chi connectivity index (χ1n) is 6.99. The maximum absolute atomic E-state index is 11.8. The van der Waals surface area contributed by atoms with E-state index in [4.69, 9.17) is 16.3 Å². The number of rotatable bonds is 4. The van der Waals surface area contributed by atoms with Crippen molar-refractivity contribution in [1.82, 2.24) is 5.32 Å². The molecule has 112 valence electrons. The molecular formula is C16H18ClNO3. The maximum Gasteiger partial charge on any atom is 0.407 e. The summed E-state index contributed by atoms with van der Waals surface area (Å²) in [6.07, 6.45) is 3.11. The molecule has 0 fully saturated rings. The molecule has 0 bridgehead atoms. The summed E-state index contributed by atoms with van der Waals surface area (Å²) in [5, 5.41) is 3.35. The molecule has 0 saturated carbocycles. The lowest BCUT2D eigenvalue weighted by Crippen LogP contribution is -2.35. The molecule has 0 spiro atoms. The second kappa shape index (κ2) is 7.84. The number of aldehydes is 1. The summed E-state index contributed by atoms with van der Waals surface area (Å²) in [6.45, 7) is 0.239. The molecule has 0 radical (unpaired) electrons. The van der Waals surface area contributed by atoms with Crippen LogP contribution in [0.3, 0.4) is 0 Å². The van der Waals surface area contributed by atoms with E-state index in [0.29, 0.717) is 23.4 Å². The number of amides is 1. The molecule has 0 saturated heterocycles. The van der Waals surface area contributed by atoms with Crippen LogP contribution in [0, 0.1) is 0 Å². The van der Waals surface area contributed by atoms with Gasteiger partial charge in [0.1, 0.15) is 12.9 Å². The van der Waals surface area contributed by atoms with E-state index in [0.717, 1.165) is 24.7 Å². The molecular weight excluding hydrogens is 290 g/mol. The fourth-order valence-electron chi connectivity index (χ4n) is 2.30. The van der Waals surface area contributed by atoms with Gasteiger partial charge in [-0.2, -0.15) is 0 Å². The fraction of sp³-hybridized carbons (Fsp3) is 0.375. The van der Waals surface area contributed by atoms with Crippen LogP contribution in [0.1, 0.15) is 31.2 Å². The number of hydrogen-bond donors (Lipinski definition) is 1. The van der Waals surface area contributed by atoms with Crippen molar-refractivity contribution in [2.75, 3.05) is 0 Å². The van der Waals surface area contributed by atoms with Gasteiger partial charge in [0.15, 0.2) is 0 Å². The van der Waals surface area contributed by atoms with E-state index in [9.17, 15) is 9.59 Å². The first-order valence-corrected chi connectivity index (χ1v) is 7.36. The zero-order chi connectivity index (χ0) is 15.1. The van der Waals surface area contributed by atoms with Crippen molar-refractivity contribution in [3.63, 3.8) is 0 Å². The molecule has 2 rings (SSSR count). The van der Waals surface area contributed by atoms with Crippen molar-refractivity contribution < 1.29 is 14.3 Å². The fourth-order valence-corrected chi connectivity index (χ4v) is 2.63. The molecule has 5 heteroatoms. The number of carbonyl (C=O) groups excluding carboxylic acids is 2. The summed E-state index contributed by atoms with van der Waals surface area (Å²) < 4.78 is 5.18. The maximum atomic E-state index is 11.8. The predicted octanol–water partition coefficient (Wildman–Crippen LogP) is 3.55. The van der Waals surface area contributed by atoms with E-state index in [1.165, 1.54) is 0 Å². The highest BCUT2D eigenvalue weighted by atomic mass is 35.5. The highest BCUT2D eigenvalue weighted by Gasteiger charge is 2.19. The SMILES string of the molecule is O=CC1=C(Cl)CC(NC(=O)OCc2ccccc2)CCC1. The molecule has 0 aromatic heterocycles. The van der Waals surface area contributed by atoms with Crippen LogP contribution in [0.15, 0.2) is 40.9 Å². The van der Waals surface area contributed by atoms with Crippen LogP contribution in [0.25, 0.3) is 0 Å². The minimum absolute atomic E-state index is 0.0850. The Balaban J connectivity index is 1.82. The number of carbonyl (C=O) groups is 2. The van der Waals surface area contributed by atoms with Gasteiger partial charge in [0.05, 0.1) is 0 Å². The first-order chi connectivity index (χ1) is 10.2. The van der Waals surface area contributed by atoms with Crippen molar-refractivity contribution in [1.29, 1.82) is 0 Å². The zero-order valence-electron chi connectivity index (χ0n) is 11.7. The molecule has 21 heavy (non-hydrogen) atoms. The van der Waals surface area contributed by atoms with Gasteiger partial charge in [0, 0.05) is 23.1 Å². The number of nitrogens with one attached hydrogen (secondary N) is 1. The van der Waals surface area contributed by atoms with Crippen molar-refractivity contribution in [3.8, 4) is 0 Å². The minimum Gasteiger partial charge on any atom is -0.445 e. The molecule has 1 aromatic rings. The Labute approximate surface area is 129 Å². The second-order valence-corrected chi connectivity index (χ2v) is 5.50. The Kier molecular flexibility index (Phi) is 5.81. The number of allylic oxidation sites excluding steroid dienone is 1. The number of benzene rings is 1. The third kappa shape index (κ3) is 4.90. The van der Waals surface area contributed by atoms with Crippen LogP contribution < -0.4 is 5.32 Å². The predicted molar refractivity (Wildman–Crippen MR) is 81.0 cm³/mol. The van der Waals surface area contributed by atoms with Gasteiger partial charge in [-0.3, -0.25) is 4.79 Å². The molecule has 1 aliphatic rings. The van der Waals surface area contributed by atoms with Gasteiger partial charge in [0.25, 0.3) is 0 Å². The van der Waals surface area contributed by atoms with E-state index in [2.05, 4.69) is 5.32 Å². The van der Waals surface area contributed by atoms with Crippen LogP contribution in [0.4, 0.5) is 4.79 Å². The highest BCUT2D eigenvalue weighted by molar-refractivity contribution is 6.31. The first kappa shape index (κ1) is 15.6. The van der Waals surface area contributed by atoms with Crippen LogP contribution in [0.2, 0.25) is 0 Å². The van der Waals surface area contributed by atoms with Crippen molar-refractivity contribution >= 4 is 24.0 Å². The van der Waals surface area contributed by atoms with Crippen molar-refractivity contribution in [3.05, 3.63) is 46.5 Å². The topological polar surface area (TPSA) is 55.4 Å². The lowest BCUT2D eigenvalue weighted by molar-refractivity contribution is -0.105. The quantitative estimate of drug-likeness (QED) is 0.866. The van der Waals surface area contributed by atoms with Crippen LogP contribution >= 0.6 is 11.6 Å². The second-order valence-electron chi connectivity index (χ2n) is 5.05. The van der Waals surface area contributed by atoms with E-state index in [1.54, 1.807) is 0 Å². The third-order valence-electron chi connectivity index (χ3n) is 3.45. The van der Waals surface area contributed by atoms with Gasteiger partial charge in [-0.25, -0.2) is 4.79 Å². The normalized spacial score (nSPS) is 18.8. The van der Waals surface area contributed by atoms with Crippen LogP contribution in [-0.2, 0) is 16.1 Å². The Morgan fingerprint density at radius 1 is 1.38 bits per heavy atom. The molecule has 1 amide bonds. The standard InChI is InChI=1S/C16H18ClNO3/c17-15-9-14(8-4-7-13(15)10-19)18-16(20)21-11-12-5-2-1-3-6-12/h1-3,5-6,10,14H,4,7-9,11H2,(H,18,20). The molecule has 1 aromatic carbocycles. The summed E-state index contributed by atoms with van der Waals surface area (Å²) in [7, 11) is 0. The smallest absolute Gasteiger partial charge is 0.407 e. The van der Waals surface area contributed by atoms with Gasteiger partial charge >= 0.3 is 6.09 Å². The molecule has 1 aliphatic carbocycles. The average molecular weight is 308 g/mol. The molecule has 1 N–H and O–H groups in total. The van der Waals surface area contributed by atoms with Gasteiger partial charge in [-0.05, 0) is 24.8 Å². The Bertz CT molecular complexity index is 528. The highest BCUT2D eigenvalue weighted by Crippen LogP contribution is 2.25. The lowest BCUT2D eigenvalue weighted by Gasteiger charge is -2.16. The van der Waals surface area contributed by atoms with Gasteiger partial charge < -0.3 is 10.1 Å². The molecule has 0 aliphatic heterocycles. The van der Waals surface area contributed by atoms with E-state index >= 15 is 0 Å². The summed E-state index contributed by atoms with van der Waals surface area (Å²) in [6, 6.07) is 9.41. The van der Waals surface area contributed by atoms with Crippen LogP contribution in [0.5, 0.6) is 0 Å². The summed E-state index contributed by atoms with van der Waals surface area (Å²) in [5.41, 5.74) is 1.58. The Morgan fingerprint density at radius 2 is 2.14 bits per heavy atom. The summed E-state index contributed by atoms with van der Waals surface area (Å²) in [5.74, 6) is 0. The average Bonchev–Trinajstić information content (AvgIpc) is 2.67. The van der Waals surface area contributed by atoms with Crippen molar-refractivity contribution in [2.24, 2.45) is 0 Å². The number of ether oxygens (including phenoxy) is 1. The lowest BCUT2D eigenvalue weighted by atomic mass is 10.1. The summed E-state index contributed by atoms with van der Waals surface area (Å²) in [4.78, 5) is 22.6. The zero-order valence-corrected chi connectivity index (χ0v) is 12.4. The molecule has 1 unspecified atom stereocenters. The van der Waals surface area contributed by atoms with Crippen LogP contribution in [-0.4, -0.2) is 18.4 Å². The van der Waals surface area contributed by atoms with Crippen molar-refractivity contribution in [2.45, 2.75) is 38.3 Å². The summed E-state index contributed by atoms with van der Waals surface area (Å²) >= 11 is 6.09. The molecule has 0 heterocycles.